The lowest BCUT2D eigenvalue weighted by Crippen LogP contribution is -2.30. The van der Waals surface area contributed by atoms with E-state index in [-0.39, 0.29) is 22.9 Å². The zero-order valence-corrected chi connectivity index (χ0v) is 20.7. The summed E-state index contributed by atoms with van der Waals surface area (Å²) in [5.41, 5.74) is 1.87. The number of fused-ring (bicyclic) bond motifs is 1. The molecule has 4 rings (SSSR count). The van der Waals surface area contributed by atoms with Crippen LogP contribution in [-0.2, 0) is 4.79 Å². The van der Waals surface area contributed by atoms with Crippen LogP contribution < -0.4 is 10.6 Å². The Labute approximate surface area is 211 Å². The molecule has 3 N–H and O–H groups in total. The van der Waals surface area contributed by atoms with Gasteiger partial charge in [0.2, 0.25) is 5.91 Å². The van der Waals surface area contributed by atoms with Gasteiger partial charge < -0.3 is 15.7 Å². The van der Waals surface area contributed by atoms with Gasteiger partial charge in [0.05, 0.1) is 15.6 Å². The smallest absolute Gasteiger partial charge is 0.259 e. The number of amides is 2. The summed E-state index contributed by atoms with van der Waals surface area (Å²) in [6, 6.07) is 24.9. The number of azo groups is 1. The van der Waals surface area contributed by atoms with Crippen molar-refractivity contribution < 1.29 is 14.7 Å². The van der Waals surface area contributed by atoms with Crippen LogP contribution in [0.3, 0.4) is 0 Å². The standard InChI is InChI=1S/C27H23BrN4O3/c1-27(2,28)26(35)30-20-13-8-12-19(16-20)29-25(34)22-15-17-9-6-7-14-21(17)23(24(22)33)32-31-18-10-4-3-5-11-18/h3-16,33H,1-2H3,(H,29,34)(H,30,35). The van der Waals surface area contributed by atoms with Crippen molar-refractivity contribution >= 4 is 61.3 Å². The molecule has 35 heavy (non-hydrogen) atoms. The van der Waals surface area contributed by atoms with Gasteiger partial charge in [-0.05, 0) is 55.6 Å². The van der Waals surface area contributed by atoms with E-state index in [0.717, 1.165) is 5.39 Å². The highest BCUT2D eigenvalue weighted by molar-refractivity contribution is 9.10. The van der Waals surface area contributed by atoms with Crippen LogP contribution in [0.2, 0.25) is 0 Å². The first-order chi connectivity index (χ1) is 16.7. The van der Waals surface area contributed by atoms with Crippen molar-refractivity contribution in [2.24, 2.45) is 10.2 Å². The lowest BCUT2D eigenvalue weighted by molar-refractivity contribution is -0.117. The summed E-state index contributed by atoms with van der Waals surface area (Å²) in [4.78, 5) is 25.4. The quantitative estimate of drug-likeness (QED) is 0.179. The maximum Gasteiger partial charge on any atom is 0.259 e. The second-order valence-electron chi connectivity index (χ2n) is 8.34. The summed E-state index contributed by atoms with van der Waals surface area (Å²) in [7, 11) is 0. The molecule has 0 aliphatic rings. The van der Waals surface area contributed by atoms with Crippen molar-refractivity contribution in [1.82, 2.24) is 0 Å². The lowest BCUT2D eigenvalue weighted by atomic mass is 10.0. The molecular formula is C27H23BrN4O3. The molecule has 0 unspecified atom stereocenters. The van der Waals surface area contributed by atoms with Crippen molar-refractivity contribution in [1.29, 1.82) is 0 Å². The van der Waals surface area contributed by atoms with Crippen LogP contribution in [0.1, 0.15) is 24.2 Å². The lowest BCUT2D eigenvalue weighted by Gasteiger charge is -2.16. The van der Waals surface area contributed by atoms with Gasteiger partial charge in [-0.15, -0.1) is 5.11 Å². The summed E-state index contributed by atoms with van der Waals surface area (Å²) in [6.07, 6.45) is 0. The maximum absolute atomic E-state index is 13.2. The molecule has 4 aromatic rings. The number of nitrogens with one attached hydrogen (secondary N) is 2. The van der Waals surface area contributed by atoms with E-state index >= 15 is 0 Å². The predicted octanol–water partition coefficient (Wildman–Crippen LogP) is 7.33. The minimum absolute atomic E-state index is 0.0572. The minimum atomic E-state index is -0.742. The van der Waals surface area contributed by atoms with Crippen LogP contribution in [0.25, 0.3) is 10.8 Å². The highest BCUT2D eigenvalue weighted by atomic mass is 79.9. The van der Waals surface area contributed by atoms with Crippen LogP contribution in [0.15, 0.2) is 95.2 Å². The van der Waals surface area contributed by atoms with E-state index in [2.05, 4.69) is 36.8 Å². The molecule has 0 bridgehead atoms. The third kappa shape index (κ3) is 5.73. The Bertz CT molecular complexity index is 1430. The molecule has 0 fully saturated rings. The number of phenols is 1. The molecule has 0 saturated heterocycles. The molecule has 4 aromatic carbocycles. The number of hydrogen-bond donors (Lipinski definition) is 3. The van der Waals surface area contributed by atoms with Crippen molar-refractivity contribution in [2.45, 2.75) is 18.2 Å². The Morgan fingerprint density at radius 1 is 0.829 bits per heavy atom. The van der Waals surface area contributed by atoms with Crippen LogP contribution in [0.5, 0.6) is 5.75 Å². The van der Waals surface area contributed by atoms with Crippen molar-refractivity contribution in [3.05, 3.63) is 90.5 Å². The number of benzene rings is 4. The number of rotatable bonds is 6. The molecule has 0 spiro atoms. The zero-order valence-electron chi connectivity index (χ0n) is 19.1. The first kappa shape index (κ1) is 24.1. The van der Waals surface area contributed by atoms with E-state index in [1.54, 1.807) is 56.3 Å². The second kappa shape index (κ2) is 10.1. The van der Waals surface area contributed by atoms with Crippen molar-refractivity contribution in [3.63, 3.8) is 0 Å². The van der Waals surface area contributed by atoms with Gasteiger partial charge in [0.25, 0.3) is 5.91 Å². The minimum Gasteiger partial charge on any atom is -0.505 e. The molecule has 2 amide bonds. The second-order valence-corrected chi connectivity index (χ2v) is 10.3. The van der Waals surface area contributed by atoms with E-state index < -0.39 is 10.2 Å². The summed E-state index contributed by atoms with van der Waals surface area (Å²) in [5.74, 6) is -1.01. The fourth-order valence-corrected chi connectivity index (χ4v) is 3.45. The van der Waals surface area contributed by atoms with Crippen LogP contribution >= 0.6 is 15.9 Å². The normalized spacial score (nSPS) is 11.5. The van der Waals surface area contributed by atoms with E-state index in [1.807, 2.05) is 42.5 Å². The van der Waals surface area contributed by atoms with Gasteiger partial charge in [-0.25, -0.2) is 0 Å². The number of hydrogen-bond acceptors (Lipinski definition) is 5. The average molecular weight is 531 g/mol. The fraction of sp³-hybridized carbons (Fsp3) is 0.111. The molecule has 176 valence electrons. The molecule has 0 radical (unpaired) electrons. The number of phenolic OH excluding ortho intramolecular Hbond substituents is 1. The Kier molecular flexibility index (Phi) is 6.93. The summed E-state index contributed by atoms with van der Waals surface area (Å²) < 4.78 is -0.742. The Balaban J connectivity index is 1.66. The van der Waals surface area contributed by atoms with Gasteiger partial charge in [-0.1, -0.05) is 64.5 Å². The molecule has 0 aliphatic heterocycles. The number of anilines is 2. The summed E-state index contributed by atoms with van der Waals surface area (Å²) in [5, 5.41) is 26.5. The fourth-order valence-electron chi connectivity index (χ4n) is 3.35. The predicted molar refractivity (Wildman–Crippen MR) is 142 cm³/mol. The average Bonchev–Trinajstić information content (AvgIpc) is 2.83. The number of carbonyl (C=O) groups is 2. The molecule has 8 heteroatoms. The van der Waals surface area contributed by atoms with Gasteiger partial charge in [-0.2, -0.15) is 5.11 Å². The topological polar surface area (TPSA) is 103 Å². The van der Waals surface area contributed by atoms with Gasteiger partial charge >= 0.3 is 0 Å². The number of aromatic hydroxyl groups is 1. The molecule has 0 aliphatic carbocycles. The molecular weight excluding hydrogens is 508 g/mol. The van der Waals surface area contributed by atoms with Gasteiger partial charge in [0.15, 0.2) is 5.75 Å². The van der Waals surface area contributed by atoms with Gasteiger partial charge in [-0.3, -0.25) is 9.59 Å². The van der Waals surface area contributed by atoms with Crippen molar-refractivity contribution in [3.8, 4) is 5.75 Å². The highest BCUT2D eigenvalue weighted by Gasteiger charge is 2.24. The third-order valence-electron chi connectivity index (χ3n) is 5.18. The van der Waals surface area contributed by atoms with Crippen molar-refractivity contribution in [2.75, 3.05) is 10.6 Å². The van der Waals surface area contributed by atoms with Crippen LogP contribution in [0.4, 0.5) is 22.7 Å². The SMILES string of the molecule is CC(C)(Br)C(=O)Nc1cccc(NC(=O)c2cc3ccccc3c(N=Nc3ccccc3)c2O)c1. The summed E-state index contributed by atoms with van der Waals surface area (Å²) in [6.45, 7) is 3.48. The number of halogens is 1. The molecule has 0 saturated carbocycles. The number of alkyl halides is 1. The highest BCUT2D eigenvalue weighted by Crippen LogP contribution is 2.39. The van der Waals surface area contributed by atoms with E-state index in [9.17, 15) is 14.7 Å². The molecule has 7 nitrogen and oxygen atoms in total. The molecule has 0 heterocycles. The first-order valence-electron chi connectivity index (χ1n) is 10.9. The maximum atomic E-state index is 13.2. The number of nitrogens with zero attached hydrogens (tertiary/aromatic N) is 2. The van der Waals surface area contributed by atoms with Crippen LogP contribution in [-0.4, -0.2) is 21.2 Å². The monoisotopic (exact) mass is 530 g/mol. The van der Waals surface area contributed by atoms with E-state index in [1.165, 1.54) is 0 Å². The third-order valence-corrected chi connectivity index (χ3v) is 5.54. The van der Waals surface area contributed by atoms with Gasteiger partial charge in [0, 0.05) is 16.8 Å². The van der Waals surface area contributed by atoms with E-state index in [4.69, 9.17) is 0 Å². The Morgan fingerprint density at radius 3 is 2.20 bits per heavy atom. The largest absolute Gasteiger partial charge is 0.505 e. The first-order valence-corrected chi connectivity index (χ1v) is 11.6. The zero-order chi connectivity index (χ0) is 25.0. The Morgan fingerprint density at radius 2 is 1.49 bits per heavy atom. The molecule has 0 aromatic heterocycles. The van der Waals surface area contributed by atoms with E-state index in [0.29, 0.717) is 22.4 Å². The van der Waals surface area contributed by atoms with Crippen LogP contribution in [0, 0.1) is 0 Å². The molecule has 0 atom stereocenters. The van der Waals surface area contributed by atoms with Gasteiger partial charge in [0.1, 0.15) is 5.69 Å². The summed E-state index contributed by atoms with van der Waals surface area (Å²) >= 11 is 3.33. The Hall–Kier alpha value is -4.04. The number of carbonyl (C=O) groups excluding carboxylic acids is 2.